The number of hydrogen-bond donors (Lipinski definition) is 0. The maximum atomic E-state index is 14.5. The number of likely N-dealkylation sites (tertiary alicyclic amines) is 1. The molecule has 0 amide bonds. The zero-order valence-electron chi connectivity index (χ0n) is 29.3. The third-order valence-electron chi connectivity index (χ3n) is 10.2. The van der Waals surface area contributed by atoms with Crippen LogP contribution in [0.25, 0.3) is 22.4 Å². The Kier molecular flexibility index (Phi) is 12.6. The summed E-state index contributed by atoms with van der Waals surface area (Å²) in [4.78, 5) is 9.46. The summed E-state index contributed by atoms with van der Waals surface area (Å²) in [5, 5.41) is 0. The minimum Gasteiger partial charge on any atom is -0.364 e. The first kappa shape index (κ1) is 38.0. The van der Waals surface area contributed by atoms with Crippen LogP contribution >= 0.6 is 24.8 Å². The summed E-state index contributed by atoms with van der Waals surface area (Å²) in [6.45, 7) is 16.3. The molecule has 0 radical (unpaired) electrons. The van der Waals surface area contributed by atoms with Crippen molar-refractivity contribution in [3.05, 3.63) is 141 Å². The minimum absolute atomic E-state index is 0. The largest absolute Gasteiger partial charge is 0.364 e. The highest BCUT2D eigenvalue weighted by Crippen LogP contribution is 2.31. The van der Waals surface area contributed by atoms with Gasteiger partial charge in [0.25, 0.3) is 0 Å². The van der Waals surface area contributed by atoms with Crippen molar-refractivity contribution >= 4 is 30.5 Å². The molecule has 5 aromatic rings. The highest BCUT2D eigenvalue weighted by molar-refractivity contribution is 5.85. The van der Waals surface area contributed by atoms with Crippen molar-refractivity contribution in [3.8, 4) is 22.4 Å². The quantitative estimate of drug-likeness (QED) is 0.160. The van der Waals surface area contributed by atoms with Crippen LogP contribution in [0.3, 0.4) is 0 Å². The molecular weight excluding hydrogens is 655 g/mol. The molecule has 1 aromatic heterocycles. The van der Waals surface area contributed by atoms with Crippen molar-refractivity contribution in [3.63, 3.8) is 0 Å². The van der Waals surface area contributed by atoms with E-state index in [2.05, 4.69) is 112 Å². The van der Waals surface area contributed by atoms with Crippen molar-refractivity contribution < 1.29 is 8.78 Å². The molecule has 1 saturated heterocycles. The molecule has 1 fully saturated rings. The normalized spacial score (nSPS) is 13.5. The Bertz CT molecular complexity index is 1870. The van der Waals surface area contributed by atoms with E-state index in [4.69, 9.17) is 4.98 Å². The molecule has 3 nitrogen and oxygen atoms in total. The predicted octanol–water partition coefficient (Wildman–Crippen LogP) is 11.1. The van der Waals surface area contributed by atoms with Crippen LogP contribution < -0.4 is 4.90 Å². The Morgan fingerprint density at radius 2 is 1.27 bits per heavy atom. The number of piperidine rings is 1. The minimum atomic E-state index is -0.816. The molecule has 0 unspecified atom stereocenters. The first-order valence-electron chi connectivity index (χ1n) is 16.7. The molecule has 7 heteroatoms. The zero-order chi connectivity index (χ0) is 33.2. The Balaban J connectivity index is 0.00000270. The van der Waals surface area contributed by atoms with Gasteiger partial charge in [-0.25, -0.2) is 8.78 Å². The molecule has 258 valence electrons. The lowest BCUT2D eigenvalue weighted by Crippen LogP contribution is -2.44. The van der Waals surface area contributed by atoms with Gasteiger partial charge in [0, 0.05) is 55.7 Å². The number of anilines is 1. The maximum absolute atomic E-state index is 14.5. The predicted molar refractivity (Wildman–Crippen MR) is 205 cm³/mol. The summed E-state index contributed by atoms with van der Waals surface area (Å²) >= 11 is 0. The molecule has 0 atom stereocenters. The van der Waals surface area contributed by atoms with Crippen LogP contribution in [0.5, 0.6) is 0 Å². The molecule has 0 bridgehead atoms. The summed E-state index contributed by atoms with van der Waals surface area (Å²) in [7, 11) is 0. The van der Waals surface area contributed by atoms with Crippen LogP contribution in [0.2, 0.25) is 0 Å². The summed E-state index contributed by atoms with van der Waals surface area (Å²) < 4.78 is 28.6. The number of nitrogens with zero attached hydrogens (tertiary/aromatic N) is 3. The van der Waals surface area contributed by atoms with Crippen molar-refractivity contribution in [2.45, 2.75) is 73.5 Å². The molecule has 0 saturated carbocycles. The second-order valence-electron chi connectivity index (χ2n) is 13.5. The molecule has 1 aliphatic rings. The molecule has 1 aliphatic heterocycles. The van der Waals surface area contributed by atoms with Gasteiger partial charge in [-0.3, -0.25) is 9.88 Å². The molecular formula is C42H47Cl2F2N3. The fraction of sp³-hybridized carbons (Fsp3) is 0.310. The van der Waals surface area contributed by atoms with Crippen LogP contribution in [0.4, 0.5) is 14.5 Å². The molecule has 4 aromatic carbocycles. The highest BCUT2D eigenvalue weighted by Gasteiger charge is 2.26. The summed E-state index contributed by atoms with van der Waals surface area (Å²) in [6.07, 6.45) is 3.78. The molecule has 2 heterocycles. The number of hydrogen-bond acceptors (Lipinski definition) is 3. The van der Waals surface area contributed by atoms with Gasteiger partial charge in [0.1, 0.15) is 0 Å². The summed E-state index contributed by atoms with van der Waals surface area (Å²) in [6, 6.07) is 26.4. The first-order chi connectivity index (χ1) is 22.5. The Labute approximate surface area is 303 Å². The van der Waals surface area contributed by atoms with Crippen LogP contribution in [0, 0.1) is 53.2 Å². The third-order valence-corrected chi connectivity index (χ3v) is 10.2. The summed E-state index contributed by atoms with van der Waals surface area (Å²) in [5.74, 6) is -1.62. The average Bonchev–Trinajstić information content (AvgIpc) is 3.06. The van der Waals surface area contributed by atoms with Gasteiger partial charge in [0.2, 0.25) is 0 Å². The summed E-state index contributed by atoms with van der Waals surface area (Å²) in [5.41, 5.74) is 15.4. The number of aromatic nitrogens is 1. The van der Waals surface area contributed by atoms with Gasteiger partial charge in [-0.15, -0.1) is 24.8 Å². The van der Waals surface area contributed by atoms with E-state index >= 15 is 0 Å². The Morgan fingerprint density at radius 1 is 0.653 bits per heavy atom. The van der Waals surface area contributed by atoms with Gasteiger partial charge in [-0.2, -0.15) is 0 Å². The fourth-order valence-corrected chi connectivity index (χ4v) is 6.90. The van der Waals surface area contributed by atoms with E-state index in [-0.39, 0.29) is 30.9 Å². The topological polar surface area (TPSA) is 19.4 Å². The van der Waals surface area contributed by atoms with Crippen LogP contribution in [-0.2, 0) is 13.1 Å². The van der Waals surface area contributed by atoms with Gasteiger partial charge in [-0.1, -0.05) is 30.3 Å². The van der Waals surface area contributed by atoms with E-state index in [0.717, 1.165) is 55.0 Å². The van der Waals surface area contributed by atoms with Crippen LogP contribution in [-0.4, -0.2) is 29.0 Å². The first-order valence-corrected chi connectivity index (χ1v) is 16.7. The van der Waals surface area contributed by atoms with Gasteiger partial charge in [0.15, 0.2) is 11.6 Å². The Hall–Kier alpha value is -3.77. The van der Waals surface area contributed by atoms with Crippen molar-refractivity contribution in [2.24, 2.45) is 0 Å². The van der Waals surface area contributed by atoms with Gasteiger partial charge < -0.3 is 4.90 Å². The zero-order valence-corrected chi connectivity index (χ0v) is 30.9. The maximum Gasteiger partial charge on any atom is 0.160 e. The van der Waals surface area contributed by atoms with E-state index in [1.807, 2.05) is 6.20 Å². The smallest absolute Gasteiger partial charge is 0.160 e. The third kappa shape index (κ3) is 8.70. The molecule has 0 aliphatic carbocycles. The van der Waals surface area contributed by atoms with Crippen LogP contribution in [0.1, 0.15) is 57.3 Å². The lowest BCUT2D eigenvalue weighted by Gasteiger charge is -2.40. The van der Waals surface area contributed by atoms with Crippen molar-refractivity contribution in [2.75, 3.05) is 18.0 Å². The average molecular weight is 703 g/mol. The lowest BCUT2D eigenvalue weighted by molar-refractivity contribution is 0.201. The second kappa shape index (κ2) is 16.3. The number of aryl methyl sites for hydroxylation is 4. The lowest BCUT2D eigenvalue weighted by atomic mass is 9.95. The number of halogens is 4. The fourth-order valence-electron chi connectivity index (χ4n) is 6.90. The highest BCUT2D eigenvalue weighted by atomic mass is 35.5. The standard InChI is InChI=1S/C42H45F2N3.2ClH/c1-27-18-36(19-28(2)31(27)5)35-9-7-8-33(22-35)26-47(39-10-11-40(43)41(44)24-39)38-13-16-46(17-14-38)25-34-12-15-45-42(23-34)37-20-29(3)32(6)30(4)21-37;;/h7-12,15,18-24,38H,13-14,16-17,25-26H2,1-6H3;2*1H. The van der Waals surface area contributed by atoms with E-state index < -0.39 is 11.6 Å². The molecule has 0 spiro atoms. The van der Waals surface area contributed by atoms with Crippen molar-refractivity contribution in [1.82, 2.24) is 9.88 Å². The van der Waals surface area contributed by atoms with E-state index in [1.54, 1.807) is 6.07 Å². The Morgan fingerprint density at radius 3 is 1.88 bits per heavy atom. The number of pyridine rings is 1. The van der Waals surface area contributed by atoms with Gasteiger partial charge >= 0.3 is 0 Å². The van der Waals surface area contributed by atoms with Gasteiger partial charge in [-0.05, 0) is 152 Å². The van der Waals surface area contributed by atoms with Crippen molar-refractivity contribution in [1.29, 1.82) is 0 Å². The number of benzene rings is 4. The van der Waals surface area contributed by atoms with E-state index in [0.29, 0.717) is 6.54 Å². The monoisotopic (exact) mass is 701 g/mol. The molecule has 49 heavy (non-hydrogen) atoms. The van der Waals surface area contributed by atoms with E-state index in [1.165, 1.54) is 62.2 Å². The van der Waals surface area contributed by atoms with Crippen LogP contribution in [0.15, 0.2) is 85.1 Å². The molecule has 0 N–H and O–H groups in total. The second-order valence-corrected chi connectivity index (χ2v) is 13.5. The molecule has 6 rings (SSSR count). The van der Waals surface area contributed by atoms with E-state index in [9.17, 15) is 8.78 Å². The SMILES string of the molecule is Cc1cc(-c2cccc(CN(c3ccc(F)c(F)c3)C3CCN(Cc4ccnc(-c5cc(C)c(C)c(C)c5)c4)CC3)c2)cc(C)c1C.Cl.Cl. The van der Waals surface area contributed by atoms with Gasteiger partial charge in [0.05, 0.1) is 5.69 Å². The number of rotatable bonds is 8.